The van der Waals surface area contributed by atoms with Crippen molar-refractivity contribution in [1.29, 1.82) is 0 Å². The molecule has 1 fully saturated rings. The highest BCUT2D eigenvalue weighted by molar-refractivity contribution is 5.94. The van der Waals surface area contributed by atoms with Crippen molar-refractivity contribution in [2.75, 3.05) is 46.3 Å². The number of halogens is 2. The first-order valence-corrected chi connectivity index (χ1v) is 7.70. The number of benzene rings is 1. The molecular weight excluding hydrogens is 288 g/mol. The molecule has 1 N–H and O–H groups in total. The number of carbonyl (C=O) groups excluding carboxylic acids is 1. The molecule has 1 aromatic rings. The maximum atomic E-state index is 13.4. The Labute approximate surface area is 130 Å². The van der Waals surface area contributed by atoms with Gasteiger partial charge in [0.05, 0.1) is 5.56 Å². The lowest BCUT2D eigenvalue weighted by atomic mass is 10.2. The van der Waals surface area contributed by atoms with Gasteiger partial charge < -0.3 is 15.1 Å². The molecule has 1 aliphatic heterocycles. The monoisotopic (exact) mass is 311 g/mol. The van der Waals surface area contributed by atoms with E-state index < -0.39 is 17.5 Å². The number of carbonyl (C=O) groups is 1. The fourth-order valence-electron chi connectivity index (χ4n) is 2.50. The van der Waals surface area contributed by atoms with Crippen LogP contribution in [0.4, 0.5) is 8.78 Å². The van der Waals surface area contributed by atoms with E-state index in [4.69, 9.17) is 0 Å². The molecule has 0 aliphatic carbocycles. The highest BCUT2D eigenvalue weighted by Gasteiger charge is 2.14. The predicted molar refractivity (Wildman–Crippen MR) is 81.9 cm³/mol. The van der Waals surface area contributed by atoms with Crippen LogP contribution in [-0.2, 0) is 0 Å². The molecule has 0 bridgehead atoms. The predicted octanol–water partition coefficient (Wildman–Crippen LogP) is 1.72. The van der Waals surface area contributed by atoms with Gasteiger partial charge in [0.15, 0.2) is 0 Å². The zero-order valence-electron chi connectivity index (χ0n) is 12.9. The van der Waals surface area contributed by atoms with Crippen molar-refractivity contribution in [3.05, 3.63) is 35.4 Å². The Balaban J connectivity index is 1.64. The topological polar surface area (TPSA) is 35.6 Å². The summed E-state index contributed by atoms with van der Waals surface area (Å²) in [6.07, 6.45) is 1.81. The van der Waals surface area contributed by atoms with E-state index >= 15 is 0 Å². The molecule has 0 atom stereocenters. The molecule has 0 radical (unpaired) electrons. The third-order valence-electron chi connectivity index (χ3n) is 3.96. The van der Waals surface area contributed by atoms with Gasteiger partial charge in [-0.25, -0.2) is 8.78 Å². The van der Waals surface area contributed by atoms with E-state index in [1.807, 2.05) is 0 Å². The minimum absolute atomic E-state index is 0.237. The number of rotatable bonds is 6. The average molecular weight is 311 g/mol. The molecule has 6 heteroatoms. The van der Waals surface area contributed by atoms with Gasteiger partial charge in [0.1, 0.15) is 11.6 Å². The van der Waals surface area contributed by atoms with Crippen molar-refractivity contribution in [2.45, 2.75) is 12.8 Å². The van der Waals surface area contributed by atoms with Crippen molar-refractivity contribution < 1.29 is 13.6 Å². The zero-order valence-corrected chi connectivity index (χ0v) is 12.9. The summed E-state index contributed by atoms with van der Waals surface area (Å²) >= 11 is 0. The van der Waals surface area contributed by atoms with Crippen LogP contribution in [0.15, 0.2) is 18.2 Å². The summed E-state index contributed by atoms with van der Waals surface area (Å²) in [6, 6.07) is 2.90. The molecule has 122 valence electrons. The summed E-state index contributed by atoms with van der Waals surface area (Å²) < 4.78 is 26.5. The van der Waals surface area contributed by atoms with Gasteiger partial charge in [0.2, 0.25) is 0 Å². The summed E-state index contributed by atoms with van der Waals surface area (Å²) in [5, 5.41) is 2.64. The molecule has 22 heavy (non-hydrogen) atoms. The average Bonchev–Trinajstić information content (AvgIpc) is 2.51. The number of nitrogens with zero attached hydrogens (tertiary/aromatic N) is 2. The first kappa shape index (κ1) is 16.8. The van der Waals surface area contributed by atoms with E-state index in [0.29, 0.717) is 6.54 Å². The van der Waals surface area contributed by atoms with Crippen LogP contribution in [0.1, 0.15) is 23.2 Å². The second kappa shape index (κ2) is 8.19. The van der Waals surface area contributed by atoms with Gasteiger partial charge in [-0.2, -0.15) is 0 Å². The van der Waals surface area contributed by atoms with E-state index in [2.05, 4.69) is 22.2 Å². The van der Waals surface area contributed by atoms with E-state index in [1.54, 1.807) is 0 Å². The molecule has 4 nitrogen and oxygen atoms in total. The second-order valence-electron chi connectivity index (χ2n) is 5.73. The Morgan fingerprint density at radius 1 is 1.18 bits per heavy atom. The van der Waals surface area contributed by atoms with Crippen molar-refractivity contribution in [2.24, 2.45) is 0 Å². The summed E-state index contributed by atoms with van der Waals surface area (Å²) in [6.45, 7) is 5.83. The Morgan fingerprint density at radius 2 is 1.91 bits per heavy atom. The lowest BCUT2D eigenvalue weighted by Gasteiger charge is -2.32. The van der Waals surface area contributed by atoms with Gasteiger partial charge >= 0.3 is 0 Å². The molecule has 0 aromatic heterocycles. The Hall–Kier alpha value is -1.53. The molecular formula is C16H23F2N3O. The smallest absolute Gasteiger partial charge is 0.254 e. The van der Waals surface area contributed by atoms with Crippen molar-refractivity contribution in [3.63, 3.8) is 0 Å². The number of hydrogen-bond acceptors (Lipinski definition) is 3. The fourth-order valence-corrected chi connectivity index (χ4v) is 2.50. The SMILES string of the molecule is CN1CCN(CCCCNC(=O)c2cc(F)ccc2F)CC1. The van der Waals surface area contributed by atoms with Crippen LogP contribution >= 0.6 is 0 Å². The van der Waals surface area contributed by atoms with Gasteiger partial charge in [-0.3, -0.25) is 4.79 Å². The standard InChI is InChI=1S/C16H23F2N3O/c1-20-8-10-21(11-9-20)7-3-2-6-19-16(22)14-12-13(17)4-5-15(14)18/h4-5,12H,2-3,6-11H2,1H3,(H,19,22). The number of piperazine rings is 1. The molecule has 1 heterocycles. The van der Waals surface area contributed by atoms with Crippen LogP contribution < -0.4 is 5.32 Å². The molecule has 1 aliphatic rings. The number of hydrogen-bond donors (Lipinski definition) is 1. The summed E-state index contributed by atoms with van der Waals surface area (Å²) in [5.41, 5.74) is -0.237. The summed E-state index contributed by atoms with van der Waals surface area (Å²) in [7, 11) is 2.12. The molecule has 0 unspecified atom stereocenters. The number of unbranched alkanes of at least 4 members (excludes halogenated alkanes) is 1. The molecule has 0 saturated carbocycles. The van der Waals surface area contributed by atoms with Crippen molar-refractivity contribution >= 4 is 5.91 Å². The van der Waals surface area contributed by atoms with Crippen LogP contribution in [0.2, 0.25) is 0 Å². The molecule has 1 saturated heterocycles. The lowest BCUT2D eigenvalue weighted by molar-refractivity contribution is 0.0947. The van der Waals surface area contributed by atoms with Gasteiger partial charge in [0.25, 0.3) is 5.91 Å². The van der Waals surface area contributed by atoms with Gasteiger partial charge in [-0.15, -0.1) is 0 Å². The quantitative estimate of drug-likeness (QED) is 0.813. The van der Waals surface area contributed by atoms with E-state index in [0.717, 1.165) is 63.8 Å². The Morgan fingerprint density at radius 3 is 2.64 bits per heavy atom. The fraction of sp³-hybridized carbons (Fsp3) is 0.562. The van der Waals surface area contributed by atoms with Gasteiger partial charge in [-0.1, -0.05) is 0 Å². The largest absolute Gasteiger partial charge is 0.352 e. The van der Waals surface area contributed by atoms with E-state index in [-0.39, 0.29) is 5.56 Å². The number of amides is 1. The molecule has 1 amide bonds. The maximum Gasteiger partial charge on any atom is 0.254 e. The van der Waals surface area contributed by atoms with Crippen LogP contribution in [0.5, 0.6) is 0 Å². The Bertz CT molecular complexity index is 502. The molecule has 1 aromatic carbocycles. The van der Waals surface area contributed by atoms with Crippen LogP contribution in [0.3, 0.4) is 0 Å². The number of nitrogens with one attached hydrogen (secondary N) is 1. The van der Waals surface area contributed by atoms with Crippen LogP contribution in [0.25, 0.3) is 0 Å². The number of likely N-dealkylation sites (N-methyl/N-ethyl adjacent to an activating group) is 1. The molecule has 0 spiro atoms. The highest BCUT2D eigenvalue weighted by atomic mass is 19.1. The molecule has 2 rings (SSSR count). The van der Waals surface area contributed by atoms with E-state index in [9.17, 15) is 13.6 Å². The van der Waals surface area contributed by atoms with E-state index in [1.165, 1.54) is 0 Å². The zero-order chi connectivity index (χ0) is 15.9. The Kier molecular flexibility index (Phi) is 6.27. The minimum Gasteiger partial charge on any atom is -0.352 e. The van der Waals surface area contributed by atoms with Crippen molar-refractivity contribution in [3.8, 4) is 0 Å². The highest BCUT2D eigenvalue weighted by Crippen LogP contribution is 2.09. The summed E-state index contributed by atoms with van der Waals surface area (Å²) in [5.74, 6) is -1.87. The second-order valence-corrected chi connectivity index (χ2v) is 5.73. The minimum atomic E-state index is -0.698. The first-order valence-electron chi connectivity index (χ1n) is 7.70. The third-order valence-corrected chi connectivity index (χ3v) is 3.96. The maximum absolute atomic E-state index is 13.4. The first-order chi connectivity index (χ1) is 10.6. The third kappa shape index (κ3) is 5.03. The van der Waals surface area contributed by atoms with Crippen LogP contribution in [0, 0.1) is 11.6 Å². The lowest BCUT2D eigenvalue weighted by Crippen LogP contribution is -2.44. The van der Waals surface area contributed by atoms with Gasteiger partial charge in [-0.05, 0) is 44.6 Å². The van der Waals surface area contributed by atoms with Crippen LogP contribution in [-0.4, -0.2) is 62.0 Å². The normalized spacial score (nSPS) is 16.7. The van der Waals surface area contributed by atoms with Gasteiger partial charge in [0, 0.05) is 32.7 Å². The van der Waals surface area contributed by atoms with Crippen molar-refractivity contribution in [1.82, 2.24) is 15.1 Å². The summed E-state index contributed by atoms with van der Waals surface area (Å²) in [4.78, 5) is 16.5.